The topological polar surface area (TPSA) is 79.8 Å². The molecule has 0 bridgehead atoms. The number of H-pyrrole nitrogens is 1. The van der Waals surface area contributed by atoms with Gasteiger partial charge in [-0.25, -0.2) is 4.98 Å². The maximum Gasteiger partial charge on any atom is 0.434 e. The lowest BCUT2D eigenvalue weighted by molar-refractivity contribution is -0.140. The highest BCUT2D eigenvalue weighted by Gasteiger charge is 2.33. The predicted octanol–water partition coefficient (Wildman–Crippen LogP) is 1.12. The van der Waals surface area contributed by atoms with Gasteiger partial charge in [-0.05, 0) is 0 Å². The average molecular weight is 306 g/mol. The molecule has 0 aliphatic heterocycles. The van der Waals surface area contributed by atoms with Crippen LogP contribution in [0.25, 0.3) is 0 Å². The van der Waals surface area contributed by atoms with E-state index in [0.717, 1.165) is 22.8 Å². The molecule has 0 aliphatic carbocycles. The maximum absolute atomic E-state index is 12.3. The zero-order chi connectivity index (χ0) is 14.9. The SMILES string of the molecule is Cn1[nH]c(=O)cc1C(=O)NCc1nc(C(F)(F)F)cs1. The molecule has 0 saturated heterocycles. The van der Waals surface area contributed by atoms with Gasteiger partial charge in [-0.3, -0.25) is 19.4 Å². The van der Waals surface area contributed by atoms with Gasteiger partial charge in [-0.2, -0.15) is 13.2 Å². The van der Waals surface area contributed by atoms with Gasteiger partial charge in [0.15, 0.2) is 5.69 Å². The average Bonchev–Trinajstić information content (AvgIpc) is 2.92. The normalized spacial score (nSPS) is 11.6. The number of rotatable bonds is 3. The summed E-state index contributed by atoms with van der Waals surface area (Å²) in [5.41, 5.74) is -1.34. The van der Waals surface area contributed by atoms with Crippen molar-refractivity contribution in [3.05, 3.63) is 38.2 Å². The van der Waals surface area contributed by atoms with E-state index in [1.807, 2.05) is 0 Å². The second-order valence-corrected chi connectivity index (χ2v) is 4.81. The van der Waals surface area contributed by atoms with E-state index in [-0.39, 0.29) is 17.2 Å². The smallest absolute Gasteiger partial charge is 0.344 e. The van der Waals surface area contributed by atoms with E-state index in [2.05, 4.69) is 15.4 Å². The molecule has 0 aromatic carbocycles. The third kappa shape index (κ3) is 3.07. The fourth-order valence-corrected chi connectivity index (χ4v) is 2.21. The minimum atomic E-state index is -4.50. The van der Waals surface area contributed by atoms with Crippen molar-refractivity contribution in [2.45, 2.75) is 12.7 Å². The van der Waals surface area contributed by atoms with E-state index in [0.29, 0.717) is 0 Å². The number of aryl methyl sites for hydroxylation is 1. The number of alkyl halides is 3. The molecule has 0 saturated carbocycles. The number of aromatic amines is 1. The highest BCUT2D eigenvalue weighted by atomic mass is 32.1. The molecule has 0 radical (unpaired) electrons. The van der Waals surface area contributed by atoms with Gasteiger partial charge in [0.2, 0.25) is 0 Å². The quantitative estimate of drug-likeness (QED) is 0.892. The zero-order valence-electron chi connectivity index (χ0n) is 10.1. The summed E-state index contributed by atoms with van der Waals surface area (Å²) in [5.74, 6) is -0.574. The molecule has 0 unspecified atom stereocenters. The van der Waals surface area contributed by atoms with Crippen LogP contribution in [-0.4, -0.2) is 20.7 Å². The van der Waals surface area contributed by atoms with Gasteiger partial charge in [-0.15, -0.1) is 11.3 Å². The Morgan fingerprint density at radius 3 is 2.75 bits per heavy atom. The minimum absolute atomic E-state index is 0.0857. The fourth-order valence-electron chi connectivity index (χ4n) is 1.47. The molecule has 108 valence electrons. The molecule has 0 fully saturated rings. The van der Waals surface area contributed by atoms with Crippen molar-refractivity contribution in [3.8, 4) is 0 Å². The number of amides is 1. The molecule has 2 heterocycles. The molecule has 0 spiro atoms. The Morgan fingerprint density at radius 2 is 2.25 bits per heavy atom. The van der Waals surface area contributed by atoms with Crippen molar-refractivity contribution in [3.63, 3.8) is 0 Å². The van der Waals surface area contributed by atoms with E-state index in [1.54, 1.807) is 0 Å². The third-order valence-electron chi connectivity index (χ3n) is 2.38. The molecular formula is C10H9F3N4O2S. The van der Waals surface area contributed by atoms with Gasteiger partial charge in [-0.1, -0.05) is 0 Å². The Morgan fingerprint density at radius 1 is 1.55 bits per heavy atom. The number of carbonyl (C=O) groups excluding carboxylic acids is 1. The molecule has 2 aromatic heterocycles. The summed E-state index contributed by atoms with van der Waals surface area (Å²) >= 11 is 0.801. The third-order valence-corrected chi connectivity index (χ3v) is 3.23. The van der Waals surface area contributed by atoms with Crippen LogP contribution in [0.15, 0.2) is 16.2 Å². The molecule has 10 heteroatoms. The van der Waals surface area contributed by atoms with E-state index < -0.39 is 23.3 Å². The monoisotopic (exact) mass is 306 g/mol. The van der Waals surface area contributed by atoms with Crippen LogP contribution >= 0.6 is 11.3 Å². The molecule has 1 amide bonds. The summed E-state index contributed by atoms with van der Waals surface area (Å²) in [6.07, 6.45) is -4.50. The highest BCUT2D eigenvalue weighted by Crippen LogP contribution is 2.29. The Hall–Kier alpha value is -2.10. The zero-order valence-corrected chi connectivity index (χ0v) is 10.9. The van der Waals surface area contributed by atoms with Gasteiger partial charge >= 0.3 is 6.18 Å². The second-order valence-electron chi connectivity index (χ2n) is 3.87. The van der Waals surface area contributed by atoms with Crippen molar-refractivity contribution >= 4 is 17.2 Å². The Bertz CT molecular complexity index is 685. The van der Waals surface area contributed by atoms with Crippen molar-refractivity contribution < 1.29 is 18.0 Å². The van der Waals surface area contributed by atoms with Gasteiger partial charge in [0.1, 0.15) is 10.7 Å². The molecule has 6 nitrogen and oxygen atoms in total. The van der Waals surface area contributed by atoms with Gasteiger partial charge in [0.05, 0.1) is 6.54 Å². The van der Waals surface area contributed by atoms with Crippen LogP contribution in [0.1, 0.15) is 21.2 Å². The van der Waals surface area contributed by atoms with Crippen molar-refractivity contribution in [1.29, 1.82) is 0 Å². The number of hydrogen-bond donors (Lipinski definition) is 2. The van der Waals surface area contributed by atoms with Crippen LogP contribution in [0.4, 0.5) is 13.2 Å². The number of hydrogen-bond acceptors (Lipinski definition) is 4. The first kappa shape index (κ1) is 14.3. The number of thiazole rings is 1. The van der Waals surface area contributed by atoms with Crippen LogP contribution in [-0.2, 0) is 19.8 Å². The van der Waals surface area contributed by atoms with E-state index in [9.17, 15) is 22.8 Å². The molecule has 2 rings (SSSR count). The molecule has 20 heavy (non-hydrogen) atoms. The van der Waals surface area contributed by atoms with E-state index in [4.69, 9.17) is 0 Å². The number of halogens is 3. The highest BCUT2D eigenvalue weighted by molar-refractivity contribution is 7.09. The summed E-state index contributed by atoms with van der Waals surface area (Å²) in [6.45, 7) is -0.140. The largest absolute Gasteiger partial charge is 0.434 e. The summed E-state index contributed by atoms with van der Waals surface area (Å²) in [6, 6.07) is 1.10. The lowest BCUT2D eigenvalue weighted by Gasteiger charge is -2.03. The minimum Gasteiger partial charge on any atom is -0.344 e. The van der Waals surface area contributed by atoms with E-state index >= 15 is 0 Å². The maximum atomic E-state index is 12.3. The van der Waals surface area contributed by atoms with Crippen LogP contribution in [0.2, 0.25) is 0 Å². The lowest BCUT2D eigenvalue weighted by atomic mass is 10.4. The van der Waals surface area contributed by atoms with Gasteiger partial charge < -0.3 is 5.32 Å². The summed E-state index contributed by atoms with van der Waals surface area (Å²) in [5, 5.41) is 5.76. The predicted molar refractivity (Wildman–Crippen MR) is 64.3 cm³/mol. The number of aromatic nitrogens is 3. The van der Waals surface area contributed by atoms with Crippen molar-refractivity contribution in [2.75, 3.05) is 0 Å². The van der Waals surface area contributed by atoms with Crippen LogP contribution < -0.4 is 10.9 Å². The first-order valence-corrected chi connectivity index (χ1v) is 6.21. The molecule has 0 aliphatic rings. The molecular weight excluding hydrogens is 297 g/mol. The molecule has 2 N–H and O–H groups in total. The Kier molecular flexibility index (Phi) is 3.66. The molecule has 0 atom stereocenters. The molecule has 2 aromatic rings. The number of nitrogens with one attached hydrogen (secondary N) is 2. The van der Waals surface area contributed by atoms with Crippen molar-refractivity contribution in [1.82, 2.24) is 20.1 Å². The second kappa shape index (κ2) is 5.12. The standard InChI is InChI=1S/C10H9F3N4O2S/c1-17-5(2-7(18)16-17)9(19)14-3-8-15-6(4-20-8)10(11,12)13/h2,4H,3H2,1H3,(H,14,19)(H,16,18). The van der Waals surface area contributed by atoms with Crippen LogP contribution in [0.5, 0.6) is 0 Å². The summed E-state index contributed by atoms with van der Waals surface area (Å²) < 4.78 is 38.2. The lowest BCUT2D eigenvalue weighted by Crippen LogP contribution is -2.25. The first-order chi connectivity index (χ1) is 9.27. The van der Waals surface area contributed by atoms with Crippen molar-refractivity contribution in [2.24, 2.45) is 7.05 Å². The first-order valence-electron chi connectivity index (χ1n) is 5.33. The Balaban J connectivity index is 2.02. The van der Waals surface area contributed by atoms with E-state index in [1.165, 1.54) is 11.7 Å². The van der Waals surface area contributed by atoms with Gasteiger partial charge in [0.25, 0.3) is 11.5 Å². The summed E-state index contributed by atoms with van der Waals surface area (Å²) in [4.78, 5) is 26.1. The van der Waals surface area contributed by atoms with Gasteiger partial charge in [0, 0.05) is 18.5 Å². The summed E-state index contributed by atoms with van der Waals surface area (Å²) in [7, 11) is 1.47. The van der Waals surface area contributed by atoms with Crippen LogP contribution in [0.3, 0.4) is 0 Å². The number of nitrogens with zero attached hydrogens (tertiary/aromatic N) is 2. The number of carbonyl (C=O) groups is 1. The Labute approximate surface area is 114 Å². The fraction of sp³-hybridized carbons (Fsp3) is 0.300. The van der Waals surface area contributed by atoms with Crippen LogP contribution in [0, 0.1) is 0 Å².